The minimum atomic E-state index is -4.12. The molecular weight excluding hydrogens is 514 g/mol. The van der Waals surface area contributed by atoms with E-state index in [1.54, 1.807) is 36.4 Å². The zero-order chi connectivity index (χ0) is 28.6. The molecular formula is C30H37N3O5S. The lowest BCUT2D eigenvalue weighted by molar-refractivity contribution is -0.140. The maximum atomic E-state index is 14.0. The molecule has 0 aliphatic carbocycles. The van der Waals surface area contributed by atoms with E-state index in [1.807, 2.05) is 52.0 Å². The highest BCUT2D eigenvalue weighted by molar-refractivity contribution is 7.92. The molecule has 9 heteroatoms. The van der Waals surface area contributed by atoms with Gasteiger partial charge in [0.15, 0.2) is 0 Å². The molecule has 0 heterocycles. The van der Waals surface area contributed by atoms with Gasteiger partial charge in [0, 0.05) is 13.1 Å². The number of aryl methyl sites for hydroxylation is 2. The van der Waals surface area contributed by atoms with E-state index in [2.05, 4.69) is 5.32 Å². The molecule has 1 unspecified atom stereocenters. The molecule has 8 nitrogen and oxygen atoms in total. The highest BCUT2D eigenvalue weighted by Gasteiger charge is 2.33. The Morgan fingerprint density at radius 1 is 0.872 bits per heavy atom. The van der Waals surface area contributed by atoms with Crippen LogP contribution in [0.2, 0.25) is 0 Å². The van der Waals surface area contributed by atoms with Crippen LogP contribution in [-0.2, 0) is 26.2 Å². The standard InChI is InChI=1S/C30H37N3O5S/c1-6-28(30(35)31-7-2)32(20-24-12-8-22(3)9-13-24)29(34)21-33(25-14-16-26(38-5)17-15-25)39(36,37)27-18-10-23(4)11-19-27/h8-19,28H,6-7,20-21H2,1-5H3,(H,31,35). The first-order valence-electron chi connectivity index (χ1n) is 13.0. The third-order valence-corrected chi connectivity index (χ3v) is 8.25. The summed E-state index contributed by atoms with van der Waals surface area (Å²) in [5.41, 5.74) is 3.14. The van der Waals surface area contributed by atoms with Crippen LogP contribution in [0, 0.1) is 13.8 Å². The lowest BCUT2D eigenvalue weighted by Gasteiger charge is -2.33. The second kappa shape index (κ2) is 13.3. The summed E-state index contributed by atoms with van der Waals surface area (Å²) in [5.74, 6) is -0.209. The number of nitrogens with one attached hydrogen (secondary N) is 1. The van der Waals surface area contributed by atoms with Crippen LogP contribution in [0.3, 0.4) is 0 Å². The fourth-order valence-electron chi connectivity index (χ4n) is 4.22. The summed E-state index contributed by atoms with van der Waals surface area (Å²) in [4.78, 5) is 28.5. The third kappa shape index (κ3) is 7.38. The number of ether oxygens (including phenoxy) is 1. The van der Waals surface area contributed by atoms with Crippen LogP contribution in [0.15, 0.2) is 77.7 Å². The maximum absolute atomic E-state index is 14.0. The van der Waals surface area contributed by atoms with E-state index >= 15 is 0 Å². The summed E-state index contributed by atoms with van der Waals surface area (Å²) in [7, 11) is -2.59. The number of hydrogen-bond donors (Lipinski definition) is 1. The van der Waals surface area contributed by atoms with Crippen LogP contribution < -0.4 is 14.4 Å². The summed E-state index contributed by atoms with van der Waals surface area (Å²) in [6, 6.07) is 19.9. The second-order valence-electron chi connectivity index (χ2n) is 9.35. The van der Waals surface area contributed by atoms with Gasteiger partial charge < -0.3 is 15.0 Å². The minimum absolute atomic E-state index is 0.0672. The van der Waals surface area contributed by atoms with Crippen molar-refractivity contribution in [1.82, 2.24) is 10.2 Å². The molecule has 1 N–H and O–H groups in total. The SMILES string of the molecule is CCNC(=O)C(CC)N(Cc1ccc(C)cc1)C(=O)CN(c1ccc(OC)cc1)S(=O)(=O)c1ccc(C)cc1. The molecule has 2 amide bonds. The van der Waals surface area contributed by atoms with E-state index in [0.717, 1.165) is 21.0 Å². The molecule has 208 valence electrons. The van der Waals surface area contributed by atoms with Crippen molar-refractivity contribution in [2.24, 2.45) is 0 Å². The Morgan fingerprint density at radius 2 is 1.44 bits per heavy atom. The van der Waals surface area contributed by atoms with Crippen LogP contribution in [0.4, 0.5) is 5.69 Å². The first-order valence-corrected chi connectivity index (χ1v) is 14.4. The van der Waals surface area contributed by atoms with Gasteiger partial charge in [0.05, 0.1) is 17.7 Å². The van der Waals surface area contributed by atoms with Crippen molar-refractivity contribution in [3.05, 3.63) is 89.5 Å². The Kier molecular flexibility index (Phi) is 10.1. The number of sulfonamides is 1. The highest BCUT2D eigenvalue weighted by atomic mass is 32.2. The lowest BCUT2D eigenvalue weighted by Crippen LogP contribution is -2.52. The first-order chi connectivity index (χ1) is 18.6. The summed E-state index contributed by atoms with van der Waals surface area (Å²) < 4.78 is 34.1. The third-order valence-electron chi connectivity index (χ3n) is 6.46. The molecule has 0 fully saturated rings. The molecule has 0 aromatic heterocycles. The second-order valence-corrected chi connectivity index (χ2v) is 11.2. The van der Waals surface area contributed by atoms with E-state index in [4.69, 9.17) is 4.74 Å². The summed E-state index contributed by atoms with van der Waals surface area (Å²) in [5, 5.41) is 2.81. The first kappa shape index (κ1) is 29.7. The van der Waals surface area contributed by atoms with E-state index in [1.165, 1.54) is 24.1 Å². The van der Waals surface area contributed by atoms with Crippen molar-refractivity contribution < 1.29 is 22.7 Å². The number of amides is 2. The van der Waals surface area contributed by atoms with E-state index < -0.39 is 28.5 Å². The molecule has 3 aromatic rings. The zero-order valence-corrected chi connectivity index (χ0v) is 24.0. The van der Waals surface area contributed by atoms with Gasteiger partial charge in [0.1, 0.15) is 18.3 Å². The van der Waals surface area contributed by atoms with Crippen molar-refractivity contribution in [2.75, 3.05) is 24.5 Å². The molecule has 0 saturated heterocycles. The van der Waals surface area contributed by atoms with Crippen molar-refractivity contribution in [2.45, 2.75) is 51.6 Å². The molecule has 0 aliphatic rings. The van der Waals surface area contributed by atoms with Gasteiger partial charge >= 0.3 is 0 Å². The summed E-state index contributed by atoms with van der Waals surface area (Å²) in [6.45, 7) is 7.59. The van der Waals surface area contributed by atoms with Gasteiger partial charge in [-0.3, -0.25) is 13.9 Å². The average molecular weight is 552 g/mol. The molecule has 39 heavy (non-hydrogen) atoms. The number of benzene rings is 3. The monoisotopic (exact) mass is 551 g/mol. The van der Waals surface area contributed by atoms with Crippen LogP contribution in [-0.4, -0.2) is 51.4 Å². The lowest BCUT2D eigenvalue weighted by atomic mass is 10.1. The van der Waals surface area contributed by atoms with Crippen LogP contribution in [0.25, 0.3) is 0 Å². The molecule has 3 rings (SSSR count). The van der Waals surface area contributed by atoms with Gasteiger partial charge in [-0.05, 0) is 69.2 Å². The van der Waals surface area contributed by atoms with Crippen molar-refractivity contribution >= 4 is 27.5 Å². The smallest absolute Gasteiger partial charge is 0.264 e. The zero-order valence-electron chi connectivity index (χ0n) is 23.2. The van der Waals surface area contributed by atoms with Gasteiger partial charge in [0.25, 0.3) is 10.0 Å². The summed E-state index contributed by atoms with van der Waals surface area (Å²) >= 11 is 0. The minimum Gasteiger partial charge on any atom is -0.497 e. The van der Waals surface area contributed by atoms with Crippen LogP contribution in [0.1, 0.15) is 37.0 Å². The van der Waals surface area contributed by atoms with E-state index in [-0.39, 0.29) is 17.3 Å². The van der Waals surface area contributed by atoms with Crippen molar-refractivity contribution in [3.8, 4) is 5.75 Å². The average Bonchev–Trinajstić information content (AvgIpc) is 2.93. The molecule has 1 atom stereocenters. The van der Waals surface area contributed by atoms with Crippen molar-refractivity contribution in [3.63, 3.8) is 0 Å². The Bertz CT molecular complexity index is 1360. The van der Waals surface area contributed by atoms with Gasteiger partial charge in [-0.15, -0.1) is 0 Å². The predicted molar refractivity (Wildman–Crippen MR) is 153 cm³/mol. The molecule has 0 bridgehead atoms. The number of carbonyl (C=O) groups excluding carboxylic acids is 2. The van der Waals surface area contributed by atoms with Gasteiger partial charge in [0.2, 0.25) is 11.8 Å². The molecule has 0 aliphatic heterocycles. The van der Waals surface area contributed by atoms with Crippen LogP contribution >= 0.6 is 0 Å². The van der Waals surface area contributed by atoms with Gasteiger partial charge in [-0.2, -0.15) is 0 Å². The number of hydrogen-bond acceptors (Lipinski definition) is 5. The van der Waals surface area contributed by atoms with E-state index in [0.29, 0.717) is 24.4 Å². The molecule has 0 saturated carbocycles. The number of anilines is 1. The normalized spacial score (nSPS) is 11.9. The van der Waals surface area contributed by atoms with Gasteiger partial charge in [-0.25, -0.2) is 8.42 Å². The topological polar surface area (TPSA) is 96.0 Å². The molecule has 0 spiro atoms. The Labute approximate surface area is 231 Å². The highest BCUT2D eigenvalue weighted by Crippen LogP contribution is 2.27. The summed E-state index contributed by atoms with van der Waals surface area (Å²) in [6.07, 6.45) is 0.372. The Hall–Kier alpha value is -3.85. The molecule has 3 aromatic carbocycles. The Balaban J connectivity index is 2.05. The Morgan fingerprint density at radius 3 is 1.95 bits per heavy atom. The number of nitrogens with zero attached hydrogens (tertiary/aromatic N) is 2. The number of likely N-dealkylation sites (N-methyl/N-ethyl adjacent to an activating group) is 1. The van der Waals surface area contributed by atoms with Crippen molar-refractivity contribution in [1.29, 1.82) is 0 Å². The maximum Gasteiger partial charge on any atom is 0.264 e. The quantitative estimate of drug-likeness (QED) is 0.359. The fourth-order valence-corrected chi connectivity index (χ4v) is 5.63. The predicted octanol–water partition coefficient (Wildman–Crippen LogP) is 4.45. The van der Waals surface area contributed by atoms with Gasteiger partial charge in [-0.1, -0.05) is 54.4 Å². The largest absolute Gasteiger partial charge is 0.497 e. The van der Waals surface area contributed by atoms with Crippen LogP contribution in [0.5, 0.6) is 5.75 Å². The fraction of sp³-hybridized carbons (Fsp3) is 0.333. The number of methoxy groups -OCH3 is 1. The number of carbonyl (C=O) groups is 2. The molecule has 0 radical (unpaired) electrons. The van der Waals surface area contributed by atoms with E-state index in [9.17, 15) is 18.0 Å². The number of rotatable bonds is 12.